The average molecular weight is 460 g/mol. The van der Waals surface area contributed by atoms with Gasteiger partial charge in [-0.2, -0.15) is 0 Å². The number of carbonyl (C=O) groups is 2. The average Bonchev–Trinajstić information content (AvgIpc) is 3.26. The Labute approximate surface area is 191 Å². The molecule has 0 bridgehead atoms. The fourth-order valence-corrected chi connectivity index (χ4v) is 5.20. The van der Waals surface area contributed by atoms with Crippen LogP contribution in [-0.2, 0) is 9.59 Å². The van der Waals surface area contributed by atoms with Crippen LogP contribution in [0.1, 0.15) is 38.5 Å². The first-order valence-electron chi connectivity index (χ1n) is 11.1. The SMILES string of the molecule is COc1ccccc1-n1c(SCC(=O)N2CCCC[C@@H]2C(=O)O)nnc1N1CCCCC1. The first kappa shape index (κ1) is 22.4. The summed E-state index contributed by atoms with van der Waals surface area (Å²) in [5, 5.41) is 19.0. The van der Waals surface area contributed by atoms with Gasteiger partial charge < -0.3 is 19.6 Å². The molecule has 1 atom stereocenters. The minimum Gasteiger partial charge on any atom is -0.495 e. The Morgan fingerprint density at radius 2 is 1.84 bits per heavy atom. The molecule has 1 aromatic carbocycles. The molecular weight excluding hydrogens is 430 g/mol. The zero-order valence-electron chi connectivity index (χ0n) is 18.3. The maximum atomic E-state index is 12.9. The lowest BCUT2D eigenvalue weighted by Crippen LogP contribution is -2.48. The summed E-state index contributed by atoms with van der Waals surface area (Å²) in [5.74, 6) is 0.423. The molecular formula is C22H29N5O4S. The molecule has 9 nitrogen and oxygen atoms in total. The lowest BCUT2D eigenvalue weighted by molar-refractivity contribution is -0.150. The molecule has 0 spiro atoms. The van der Waals surface area contributed by atoms with E-state index >= 15 is 0 Å². The number of carboxylic acids is 1. The van der Waals surface area contributed by atoms with Crippen LogP contribution in [0.5, 0.6) is 5.75 Å². The number of thioether (sulfide) groups is 1. The fourth-order valence-electron chi connectivity index (χ4n) is 4.38. The number of benzene rings is 1. The van der Waals surface area contributed by atoms with E-state index in [1.807, 2.05) is 28.8 Å². The van der Waals surface area contributed by atoms with Gasteiger partial charge in [-0.05, 0) is 50.7 Å². The van der Waals surface area contributed by atoms with Gasteiger partial charge in [0.15, 0.2) is 5.16 Å². The number of nitrogens with zero attached hydrogens (tertiary/aromatic N) is 5. The van der Waals surface area contributed by atoms with Crippen molar-refractivity contribution in [1.29, 1.82) is 0 Å². The van der Waals surface area contributed by atoms with Crippen molar-refractivity contribution >= 4 is 29.6 Å². The molecule has 1 aromatic heterocycles. The van der Waals surface area contributed by atoms with E-state index in [2.05, 4.69) is 15.1 Å². The third-order valence-electron chi connectivity index (χ3n) is 6.01. The molecule has 0 unspecified atom stereocenters. The predicted molar refractivity (Wildman–Crippen MR) is 122 cm³/mol. The number of hydrogen-bond acceptors (Lipinski definition) is 7. The van der Waals surface area contributed by atoms with Crippen molar-refractivity contribution in [3.05, 3.63) is 24.3 Å². The Balaban J connectivity index is 1.60. The van der Waals surface area contributed by atoms with Gasteiger partial charge in [0.05, 0.1) is 18.6 Å². The maximum absolute atomic E-state index is 12.9. The molecule has 172 valence electrons. The molecule has 2 saturated heterocycles. The van der Waals surface area contributed by atoms with E-state index in [1.165, 1.54) is 23.1 Å². The number of methoxy groups -OCH3 is 1. The predicted octanol–water partition coefficient (Wildman–Crippen LogP) is 2.82. The number of aromatic nitrogens is 3. The highest BCUT2D eigenvalue weighted by Gasteiger charge is 2.32. The zero-order valence-corrected chi connectivity index (χ0v) is 19.1. The number of likely N-dealkylation sites (tertiary alicyclic amines) is 1. The van der Waals surface area contributed by atoms with E-state index in [4.69, 9.17) is 4.74 Å². The monoisotopic (exact) mass is 459 g/mol. The quantitative estimate of drug-likeness (QED) is 0.631. The summed E-state index contributed by atoms with van der Waals surface area (Å²) in [5.41, 5.74) is 0.817. The fraction of sp³-hybridized carbons (Fsp3) is 0.545. The van der Waals surface area contributed by atoms with Gasteiger partial charge in [-0.15, -0.1) is 10.2 Å². The molecule has 10 heteroatoms. The highest BCUT2D eigenvalue weighted by molar-refractivity contribution is 7.99. The number of para-hydroxylation sites is 2. The van der Waals surface area contributed by atoms with E-state index in [0.717, 1.165) is 50.4 Å². The van der Waals surface area contributed by atoms with Crippen molar-refractivity contribution in [2.75, 3.05) is 37.4 Å². The highest BCUT2D eigenvalue weighted by atomic mass is 32.2. The number of piperidine rings is 2. The molecule has 1 N–H and O–H groups in total. The van der Waals surface area contributed by atoms with E-state index in [9.17, 15) is 14.7 Å². The van der Waals surface area contributed by atoms with Crippen LogP contribution >= 0.6 is 11.8 Å². The second-order valence-electron chi connectivity index (χ2n) is 8.06. The largest absolute Gasteiger partial charge is 0.495 e. The molecule has 1 amide bonds. The number of aliphatic carboxylic acids is 1. The Hall–Kier alpha value is -2.75. The lowest BCUT2D eigenvalue weighted by atomic mass is 10.0. The number of hydrogen-bond donors (Lipinski definition) is 1. The van der Waals surface area contributed by atoms with Gasteiger partial charge in [0, 0.05) is 19.6 Å². The Morgan fingerprint density at radius 1 is 1.09 bits per heavy atom. The second-order valence-corrected chi connectivity index (χ2v) is 9.01. The molecule has 2 aliphatic heterocycles. The van der Waals surface area contributed by atoms with Gasteiger partial charge in [-0.25, -0.2) is 4.79 Å². The normalized spacial score (nSPS) is 19.1. The van der Waals surface area contributed by atoms with Crippen LogP contribution in [0.25, 0.3) is 5.69 Å². The number of rotatable bonds is 7. The summed E-state index contributed by atoms with van der Waals surface area (Å²) in [6.45, 7) is 2.30. The highest BCUT2D eigenvalue weighted by Crippen LogP contribution is 2.33. The molecule has 2 aromatic rings. The van der Waals surface area contributed by atoms with Gasteiger partial charge >= 0.3 is 5.97 Å². The minimum absolute atomic E-state index is 0.108. The van der Waals surface area contributed by atoms with Crippen molar-refractivity contribution in [3.8, 4) is 11.4 Å². The van der Waals surface area contributed by atoms with Crippen molar-refractivity contribution in [2.45, 2.75) is 49.7 Å². The standard InChI is InChI=1S/C22H29N5O4S/c1-31-18-11-4-3-9-16(18)27-21(25-12-6-2-7-13-25)23-24-22(27)32-15-19(28)26-14-8-5-10-17(26)20(29)30/h3-4,9,11,17H,2,5-8,10,12-15H2,1H3,(H,29,30)/t17-/m1/s1. The van der Waals surface area contributed by atoms with Crippen LogP contribution in [0.4, 0.5) is 5.95 Å². The summed E-state index contributed by atoms with van der Waals surface area (Å²) >= 11 is 1.28. The molecule has 32 heavy (non-hydrogen) atoms. The molecule has 2 aliphatic rings. The van der Waals surface area contributed by atoms with Gasteiger partial charge in [0.2, 0.25) is 11.9 Å². The lowest BCUT2D eigenvalue weighted by Gasteiger charge is -2.32. The molecule has 0 saturated carbocycles. The van der Waals surface area contributed by atoms with Gasteiger partial charge in [-0.3, -0.25) is 9.36 Å². The van der Waals surface area contributed by atoms with Crippen LogP contribution in [0.2, 0.25) is 0 Å². The van der Waals surface area contributed by atoms with Crippen LogP contribution in [0.3, 0.4) is 0 Å². The smallest absolute Gasteiger partial charge is 0.326 e. The van der Waals surface area contributed by atoms with Crippen LogP contribution in [-0.4, -0.2) is 75.2 Å². The number of anilines is 1. The first-order chi connectivity index (χ1) is 15.6. The topological polar surface area (TPSA) is 101 Å². The Bertz CT molecular complexity index is 960. The number of amides is 1. The second kappa shape index (κ2) is 10.2. The maximum Gasteiger partial charge on any atom is 0.326 e. The van der Waals surface area contributed by atoms with Crippen molar-refractivity contribution in [1.82, 2.24) is 19.7 Å². The molecule has 0 radical (unpaired) electrons. The third-order valence-corrected chi connectivity index (χ3v) is 6.93. The van der Waals surface area contributed by atoms with Gasteiger partial charge in [0.1, 0.15) is 11.8 Å². The Morgan fingerprint density at radius 3 is 2.59 bits per heavy atom. The van der Waals surface area contributed by atoms with Gasteiger partial charge in [-0.1, -0.05) is 23.9 Å². The summed E-state index contributed by atoms with van der Waals surface area (Å²) in [7, 11) is 1.63. The van der Waals surface area contributed by atoms with Crippen LogP contribution in [0.15, 0.2) is 29.4 Å². The summed E-state index contributed by atoms with van der Waals surface area (Å²) in [4.78, 5) is 28.2. The number of ether oxygens (including phenoxy) is 1. The van der Waals surface area contributed by atoms with Crippen molar-refractivity contribution in [3.63, 3.8) is 0 Å². The Kier molecular flexibility index (Phi) is 7.19. The summed E-state index contributed by atoms with van der Waals surface area (Å²) in [6, 6.07) is 6.94. The minimum atomic E-state index is -0.937. The summed E-state index contributed by atoms with van der Waals surface area (Å²) in [6.07, 6.45) is 5.57. The molecule has 0 aliphatic carbocycles. The van der Waals surface area contributed by atoms with E-state index < -0.39 is 12.0 Å². The molecule has 4 rings (SSSR count). The number of carboxylic acid groups (broad SMARTS) is 1. The molecule has 2 fully saturated rings. The van der Waals surface area contributed by atoms with E-state index in [-0.39, 0.29) is 11.7 Å². The van der Waals surface area contributed by atoms with Crippen LogP contribution in [0, 0.1) is 0 Å². The zero-order chi connectivity index (χ0) is 22.5. The van der Waals surface area contributed by atoms with Crippen molar-refractivity contribution in [2.24, 2.45) is 0 Å². The van der Waals surface area contributed by atoms with Crippen LogP contribution < -0.4 is 9.64 Å². The van der Waals surface area contributed by atoms with Crippen molar-refractivity contribution < 1.29 is 19.4 Å². The van der Waals surface area contributed by atoms with E-state index in [1.54, 1.807) is 7.11 Å². The summed E-state index contributed by atoms with van der Waals surface area (Å²) < 4.78 is 7.53. The number of carbonyl (C=O) groups excluding carboxylic acids is 1. The third kappa shape index (κ3) is 4.69. The molecule has 3 heterocycles. The first-order valence-corrected chi connectivity index (χ1v) is 12.1. The van der Waals surface area contributed by atoms with Gasteiger partial charge in [0.25, 0.3) is 0 Å². The van der Waals surface area contributed by atoms with E-state index in [0.29, 0.717) is 23.9 Å².